The molecule has 2 aliphatic rings. The van der Waals surface area contributed by atoms with Gasteiger partial charge in [-0.15, -0.1) is 11.3 Å². The van der Waals surface area contributed by atoms with Gasteiger partial charge >= 0.3 is 0 Å². The molecule has 2 heterocycles. The number of amides is 3. The fourth-order valence-corrected chi connectivity index (χ4v) is 5.25. The molecule has 0 bridgehead atoms. The van der Waals surface area contributed by atoms with E-state index in [9.17, 15) is 18.8 Å². The van der Waals surface area contributed by atoms with Crippen LogP contribution in [0.25, 0.3) is 6.08 Å². The van der Waals surface area contributed by atoms with Crippen molar-refractivity contribution in [3.05, 3.63) is 61.9 Å². The van der Waals surface area contributed by atoms with E-state index >= 15 is 0 Å². The second kappa shape index (κ2) is 7.89. The van der Waals surface area contributed by atoms with Gasteiger partial charge in [0.15, 0.2) is 0 Å². The fraction of sp³-hybridized carbons (Fsp3) is 0.250. The summed E-state index contributed by atoms with van der Waals surface area (Å²) in [6, 6.07) is 7.62. The van der Waals surface area contributed by atoms with Crippen molar-refractivity contribution in [2.24, 2.45) is 0 Å². The van der Waals surface area contributed by atoms with E-state index in [-0.39, 0.29) is 35.0 Å². The number of hydrogen-bond donors (Lipinski definition) is 1. The number of nitrogens with one attached hydrogen (secondary N) is 1. The summed E-state index contributed by atoms with van der Waals surface area (Å²) in [5.41, 5.74) is 1.90. The van der Waals surface area contributed by atoms with Crippen LogP contribution in [0, 0.1) is 5.82 Å². The number of halogens is 1. The molecule has 0 radical (unpaired) electrons. The van der Waals surface area contributed by atoms with Crippen molar-refractivity contribution in [1.29, 1.82) is 0 Å². The number of nitrogens with zero attached hydrogens (tertiary/aromatic N) is 1. The van der Waals surface area contributed by atoms with Crippen LogP contribution < -0.4 is 5.32 Å². The molecule has 1 N–H and O–H groups in total. The first-order chi connectivity index (χ1) is 13.5. The molecule has 1 aliphatic carbocycles. The van der Waals surface area contributed by atoms with Crippen LogP contribution in [0.15, 0.2) is 35.2 Å². The summed E-state index contributed by atoms with van der Waals surface area (Å²) in [6.07, 6.45) is 4.77. The van der Waals surface area contributed by atoms with E-state index in [1.165, 1.54) is 33.9 Å². The number of fused-ring (bicyclic) bond motifs is 1. The monoisotopic (exact) mass is 416 g/mol. The van der Waals surface area contributed by atoms with Gasteiger partial charge in [-0.25, -0.2) is 4.39 Å². The van der Waals surface area contributed by atoms with Crippen molar-refractivity contribution in [3.8, 4) is 0 Å². The van der Waals surface area contributed by atoms with Crippen molar-refractivity contribution < 1.29 is 18.8 Å². The van der Waals surface area contributed by atoms with Crippen molar-refractivity contribution in [1.82, 2.24) is 10.2 Å². The maximum atomic E-state index is 13.0. The number of hydrogen-bond acceptors (Lipinski definition) is 5. The first kappa shape index (κ1) is 18.9. The average Bonchev–Trinajstić information content (AvgIpc) is 3.33. The molecule has 4 rings (SSSR count). The standard InChI is InChI=1S/C20H17FN2O3S2/c21-14-6-4-12(5-7-14)10-17-19(25)23(20(26)28-17)9-8-22-18(24)16-11-13-2-1-3-15(13)27-16/h4-7,10-11H,1-3,8-9H2,(H,22,24)/b17-10+. The lowest BCUT2D eigenvalue weighted by molar-refractivity contribution is -0.122. The molecule has 2 aromatic rings. The Morgan fingerprint density at radius 3 is 2.75 bits per heavy atom. The smallest absolute Gasteiger partial charge is 0.293 e. The van der Waals surface area contributed by atoms with E-state index in [2.05, 4.69) is 5.32 Å². The number of rotatable bonds is 5. The van der Waals surface area contributed by atoms with Crippen LogP contribution in [0.3, 0.4) is 0 Å². The Hall–Kier alpha value is -2.45. The quantitative estimate of drug-likeness (QED) is 0.752. The molecule has 0 atom stereocenters. The first-order valence-electron chi connectivity index (χ1n) is 8.92. The number of thioether (sulfide) groups is 1. The van der Waals surface area contributed by atoms with E-state index < -0.39 is 5.91 Å². The van der Waals surface area contributed by atoms with E-state index in [0.29, 0.717) is 10.4 Å². The predicted molar refractivity (Wildman–Crippen MR) is 108 cm³/mol. The lowest BCUT2D eigenvalue weighted by atomic mass is 10.2. The van der Waals surface area contributed by atoms with Crippen LogP contribution in [0.2, 0.25) is 0 Å². The third-order valence-electron chi connectivity index (χ3n) is 4.63. The van der Waals surface area contributed by atoms with Crippen LogP contribution >= 0.6 is 23.1 Å². The molecule has 1 fully saturated rings. The van der Waals surface area contributed by atoms with Gasteiger partial charge in [-0.3, -0.25) is 19.3 Å². The summed E-state index contributed by atoms with van der Waals surface area (Å²) in [5, 5.41) is 2.41. The topological polar surface area (TPSA) is 66.5 Å². The zero-order chi connectivity index (χ0) is 19.7. The first-order valence-corrected chi connectivity index (χ1v) is 10.6. The second-order valence-corrected chi connectivity index (χ2v) is 8.68. The number of thiophene rings is 1. The lowest BCUT2D eigenvalue weighted by Crippen LogP contribution is -2.37. The highest BCUT2D eigenvalue weighted by atomic mass is 32.2. The maximum absolute atomic E-state index is 13.0. The van der Waals surface area contributed by atoms with Crippen LogP contribution in [0.1, 0.15) is 32.1 Å². The van der Waals surface area contributed by atoms with Gasteiger partial charge in [0.25, 0.3) is 17.1 Å². The van der Waals surface area contributed by atoms with E-state index in [4.69, 9.17) is 0 Å². The van der Waals surface area contributed by atoms with Gasteiger partial charge in [-0.2, -0.15) is 0 Å². The van der Waals surface area contributed by atoms with Gasteiger partial charge in [0, 0.05) is 18.0 Å². The Morgan fingerprint density at radius 2 is 2.00 bits per heavy atom. The van der Waals surface area contributed by atoms with Crippen molar-refractivity contribution in [3.63, 3.8) is 0 Å². The molecular weight excluding hydrogens is 399 g/mol. The zero-order valence-corrected chi connectivity index (χ0v) is 16.5. The van der Waals surface area contributed by atoms with Crippen LogP contribution in [0.5, 0.6) is 0 Å². The van der Waals surface area contributed by atoms with Gasteiger partial charge in [0.1, 0.15) is 5.82 Å². The highest BCUT2D eigenvalue weighted by Gasteiger charge is 2.34. The largest absolute Gasteiger partial charge is 0.350 e. The summed E-state index contributed by atoms with van der Waals surface area (Å²) in [4.78, 5) is 40.2. The number of benzene rings is 1. The summed E-state index contributed by atoms with van der Waals surface area (Å²) in [6.45, 7) is 0.311. The Balaban J connectivity index is 1.34. The highest BCUT2D eigenvalue weighted by Crippen LogP contribution is 2.32. The molecule has 0 saturated carbocycles. The molecule has 144 valence electrons. The van der Waals surface area contributed by atoms with Gasteiger partial charge in [0.05, 0.1) is 9.78 Å². The third-order valence-corrected chi connectivity index (χ3v) is 6.78. The summed E-state index contributed by atoms with van der Waals surface area (Å²) < 4.78 is 13.0. The molecular formula is C20H17FN2O3S2. The summed E-state index contributed by atoms with van der Waals surface area (Å²) >= 11 is 2.36. The molecule has 0 unspecified atom stereocenters. The van der Waals surface area contributed by atoms with Crippen molar-refractivity contribution in [2.75, 3.05) is 13.1 Å². The van der Waals surface area contributed by atoms with Crippen LogP contribution in [0.4, 0.5) is 9.18 Å². The minimum atomic E-state index is -0.399. The normalized spacial score (nSPS) is 17.5. The Morgan fingerprint density at radius 1 is 1.21 bits per heavy atom. The number of imide groups is 1. The molecule has 1 aliphatic heterocycles. The second-order valence-electron chi connectivity index (χ2n) is 6.55. The molecule has 1 aromatic heterocycles. The van der Waals surface area contributed by atoms with E-state index in [1.807, 2.05) is 6.07 Å². The minimum Gasteiger partial charge on any atom is -0.350 e. The third kappa shape index (κ3) is 3.88. The minimum absolute atomic E-state index is 0.113. The van der Waals surface area contributed by atoms with Crippen LogP contribution in [-0.4, -0.2) is 35.0 Å². The molecule has 1 aromatic carbocycles. The fourth-order valence-electron chi connectivity index (χ4n) is 3.21. The molecule has 0 spiro atoms. The zero-order valence-electron chi connectivity index (χ0n) is 14.9. The van der Waals surface area contributed by atoms with Gasteiger partial charge in [0.2, 0.25) is 0 Å². The number of carbonyl (C=O) groups excluding carboxylic acids is 3. The maximum Gasteiger partial charge on any atom is 0.293 e. The molecule has 28 heavy (non-hydrogen) atoms. The van der Waals surface area contributed by atoms with Crippen LogP contribution in [-0.2, 0) is 17.6 Å². The molecule has 8 heteroatoms. The number of carbonyl (C=O) groups is 3. The molecule has 5 nitrogen and oxygen atoms in total. The Kier molecular flexibility index (Phi) is 5.32. The average molecular weight is 416 g/mol. The van der Waals surface area contributed by atoms with Gasteiger partial charge in [-0.05, 0) is 66.4 Å². The summed E-state index contributed by atoms with van der Waals surface area (Å²) in [7, 11) is 0. The molecule has 3 amide bonds. The number of aryl methyl sites for hydroxylation is 2. The van der Waals surface area contributed by atoms with Crippen molar-refractivity contribution >= 4 is 46.2 Å². The molecule has 1 saturated heterocycles. The van der Waals surface area contributed by atoms with E-state index in [1.54, 1.807) is 18.2 Å². The predicted octanol–water partition coefficient (Wildman–Crippen LogP) is 3.84. The Bertz CT molecular complexity index is 960. The van der Waals surface area contributed by atoms with Gasteiger partial charge in [-0.1, -0.05) is 12.1 Å². The Labute approximate surface area is 169 Å². The highest BCUT2D eigenvalue weighted by molar-refractivity contribution is 8.18. The SMILES string of the molecule is O=C(NCCN1C(=O)S/C(=C/c2ccc(F)cc2)C1=O)c1cc2c(s1)CCC2. The van der Waals surface area contributed by atoms with Crippen molar-refractivity contribution in [2.45, 2.75) is 19.3 Å². The summed E-state index contributed by atoms with van der Waals surface area (Å²) in [5.74, 6) is -0.936. The lowest BCUT2D eigenvalue weighted by Gasteiger charge is -2.12. The van der Waals surface area contributed by atoms with E-state index in [0.717, 1.165) is 35.9 Å². The van der Waals surface area contributed by atoms with Gasteiger partial charge < -0.3 is 5.32 Å².